The highest BCUT2D eigenvalue weighted by Gasteiger charge is 2.19. The van der Waals surface area contributed by atoms with Crippen LogP contribution in [-0.2, 0) is 11.0 Å². The van der Waals surface area contributed by atoms with Gasteiger partial charge in [0.15, 0.2) is 0 Å². The van der Waals surface area contributed by atoms with Crippen molar-refractivity contribution < 1.29 is 4.21 Å². The first-order chi connectivity index (χ1) is 6.41. The van der Waals surface area contributed by atoms with Crippen LogP contribution in [0.2, 0.25) is 0 Å². The fourth-order valence-electron chi connectivity index (χ4n) is 0.768. The minimum atomic E-state index is -1.21. The third-order valence-electron chi connectivity index (χ3n) is 1.63. The Morgan fingerprint density at radius 3 is 2.64 bits per heavy atom. The molecule has 1 N–H and O–H groups in total. The first kappa shape index (κ1) is 11.1. The van der Waals surface area contributed by atoms with Gasteiger partial charge in [-0.05, 0) is 33.8 Å². The molecular formula is C9H15N3OS. The summed E-state index contributed by atoms with van der Waals surface area (Å²) < 4.78 is 15.4. The second kappa shape index (κ2) is 4.04. The van der Waals surface area contributed by atoms with Gasteiger partial charge in [-0.3, -0.25) is 5.10 Å². The maximum absolute atomic E-state index is 11.7. The zero-order valence-electron chi connectivity index (χ0n) is 8.87. The minimum Gasteiger partial charge on any atom is -0.277 e. The molecule has 0 spiro atoms. The van der Waals surface area contributed by atoms with Gasteiger partial charge in [0, 0.05) is 6.20 Å². The lowest BCUT2D eigenvalue weighted by Crippen LogP contribution is -2.20. The summed E-state index contributed by atoms with van der Waals surface area (Å²) in [6.45, 7) is 7.50. The molecule has 0 amide bonds. The molecule has 0 aliphatic rings. The van der Waals surface area contributed by atoms with Crippen molar-refractivity contribution in [1.29, 1.82) is 0 Å². The molecule has 4 nitrogen and oxygen atoms in total. The van der Waals surface area contributed by atoms with Gasteiger partial charge < -0.3 is 0 Å². The van der Waals surface area contributed by atoms with Crippen LogP contribution in [0.1, 0.15) is 33.4 Å². The molecule has 1 atom stereocenters. The van der Waals surface area contributed by atoms with E-state index in [-0.39, 0.29) is 4.75 Å². The molecule has 0 fully saturated rings. The predicted molar refractivity (Wildman–Crippen MR) is 58.7 cm³/mol. The average molecular weight is 213 g/mol. The maximum atomic E-state index is 11.7. The van der Waals surface area contributed by atoms with Gasteiger partial charge in [0.05, 0.1) is 16.2 Å². The first-order valence-electron chi connectivity index (χ1n) is 4.38. The van der Waals surface area contributed by atoms with E-state index in [4.69, 9.17) is 0 Å². The van der Waals surface area contributed by atoms with Crippen LogP contribution >= 0.6 is 0 Å². The summed E-state index contributed by atoms with van der Waals surface area (Å²) in [4.78, 5) is 0. The molecule has 5 heteroatoms. The van der Waals surface area contributed by atoms with Crippen LogP contribution in [0.25, 0.3) is 0 Å². The van der Waals surface area contributed by atoms with Crippen LogP contribution in [0.15, 0.2) is 16.7 Å². The molecule has 0 saturated heterocycles. The Labute approximate surface area is 86.4 Å². The Hall–Kier alpha value is -0.970. The largest absolute Gasteiger partial charge is 0.277 e. The monoisotopic (exact) mass is 213 g/mol. The fourth-order valence-corrected chi connectivity index (χ4v) is 1.39. The van der Waals surface area contributed by atoms with Crippen molar-refractivity contribution in [2.45, 2.75) is 32.4 Å². The maximum Gasteiger partial charge on any atom is 0.145 e. The second-order valence-corrected chi connectivity index (χ2v) is 5.91. The summed E-state index contributed by atoms with van der Waals surface area (Å²) in [6, 6.07) is 1.80. The molecule has 0 saturated carbocycles. The van der Waals surface area contributed by atoms with Crippen LogP contribution in [0.4, 0.5) is 0 Å². The lowest BCUT2D eigenvalue weighted by atomic mass is 10.3. The number of aromatic nitrogens is 2. The molecule has 14 heavy (non-hydrogen) atoms. The SMILES string of the molecule is C/C(=N\[S@](=O)C(C)(C)C)c1ccn[nH]1. The fraction of sp³-hybridized carbons (Fsp3) is 0.556. The third kappa shape index (κ3) is 2.77. The summed E-state index contributed by atoms with van der Waals surface area (Å²) in [6.07, 6.45) is 1.65. The molecule has 0 bridgehead atoms. The lowest BCUT2D eigenvalue weighted by molar-refractivity contribution is 0.650. The van der Waals surface area contributed by atoms with E-state index in [0.29, 0.717) is 0 Å². The molecule has 1 aromatic heterocycles. The number of aromatic amines is 1. The van der Waals surface area contributed by atoms with Gasteiger partial charge >= 0.3 is 0 Å². The van der Waals surface area contributed by atoms with E-state index in [1.807, 2.05) is 27.7 Å². The van der Waals surface area contributed by atoms with Crippen molar-refractivity contribution in [3.05, 3.63) is 18.0 Å². The van der Waals surface area contributed by atoms with Crippen molar-refractivity contribution in [2.75, 3.05) is 0 Å². The smallest absolute Gasteiger partial charge is 0.145 e. The van der Waals surface area contributed by atoms with Crippen LogP contribution in [-0.4, -0.2) is 24.9 Å². The van der Waals surface area contributed by atoms with Gasteiger partial charge in [0.25, 0.3) is 0 Å². The summed E-state index contributed by atoms with van der Waals surface area (Å²) in [7, 11) is -1.21. The summed E-state index contributed by atoms with van der Waals surface area (Å²) in [5.74, 6) is 0. The van der Waals surface area contributed by atoms with Crippen molar-refractivity contribution in [1.82, 2.24) is 10.2 Å². The van der Waals surface area contributed by atoms with Crippen molar-refractivity contribution in [3.63, 3.8) is 0 Å². The van der Waals surface area contributed by atoms with E-state index >= 15 is 0 Å². The normalized spacial score (nSPS) is 15.6. The number of hydrogen-bond acceptors (Lipinski definition) is 2. The molecule has 0 radical (unpaired) electrons. The van der Waals surface area contributed by atoms with Gasteiger partial charge in [-0.25, -0.2) is 4.21 Å². The Bertz CT molecular complexity index is 349. The van der Waals surface area contributed by atoms with E-state index in [9.17, 15) is 4.21 Å². The molecule has 0 aliphatic heterocycles. The number of H-pyrrole nitrogens is 1. The second-order valence-electron chi connectivity index (χ2n) is 4.01. The average Bonchev–Trinajstić information content (AvgIpc) is 2.53. The molecule has 1 heterocycles. The van der Waals surface area contributed by atoms with Gasteiger partial charge in [0.2, 0.25) is 0 Å². The zero-order valence-corrected chi connectivity index (χ0v) is 9.68. The summed E-state index contributed by atoms with van der Waals surface area (Å²) in [5.41, 5.74) is 1.53. The van der Waals surface area contributed by atoms with E-state index in [1.165, 1.54) is 0 Å². The number of rotatable bonds is 2. The first-order valence-corrected chi connectivity index (χ1v) is 5.49. The van der Waals surface area contributed by atoms with Crippen molar-refractivity contribution in [2.24, 2.45) is 4.40 Å². The van der Waals surface area contributed by atoms with Crippen molar-refractivity contribution >= 4 is 16.7 Å². The van der Waals surface area contributed by atoms with Crippen LogP contribution < -0.4 is 0 Å². The van der Waals surface area contributed by atoms with Gasteiger partial charge in [0.1, 0.15) is 11.0 Å². The third-order valence-corrected chi connectivity index (χ3v) is 3.12. The van der Waals surface area contributed by atoms with E-state index in [2.05, 4.69) is 14.6 Å². The molecule has 0 aliphatic carbocycles. The minimum absolute atomic E-state index is 0.318. The number of hydrogen-bond donors (Lipinski definition) is 1. The van der Waals surface area contributed by atoms with E-state index in [0.717, 1.165) is 11.4 Å². The molecular weight excluding hydrogens is 198 g/mol. The lowest BCUT2D eigenvalue weighted by Gasteiger charge is -2.13. The highest BCUT2D eigenvalue weighted by molar-refractivity contribution is 7.85. The van der Waals surface area contributed by atoms with Crippen LogP contribution in [0.5, 0.6) is 0 Å². The van der Waals surface area contributed by atoms with E-state index in [1.54, 1.807) is 12.3 Å². The van der Waals surface area contributed by atoms with Gasteiger partial charge in [-0.1, -0.05) is 0 Å². The topological polar surface area (TPSA) is 58.1 Å². The quantitative estimate of drug-likeness (QED) is 0.760. The van der Waals surface area contributed by atoms with Gasteiger partial charge in [-0.15, -0.1) is 0 Å². The highest BCUT2D eigenvalue weighted by atomic mass is 32.2. The Morgan fingerprint density at radius 1 is 1.57 bits per heavy atom. The molecule has 0 unspecified atom stereocenters. The Balaban J connectivity index is 2.85. The van der Waals surface area contributed by atoms with E-state index < -0.39 is 11.0 Å². The number of nitrogens with zero attached hydrogens (tertiary/aromatic N) is 2. The Kier molecular flexibility index (Phi) is 3.21. The molecule has 0 aromatic carbocycles. The number of nitrogens with one attached hydrogen (secondary N) is 1. The molecule has 78 valence electrons. The Morgan fingerprint density at radius 2 is 2.21 bits per heavy atom. The standard InChI is InChI=1S/C9H15N3OS/c1-7(8-5-6-10-11-8)12-14(13)9(2,3)4/h5-6H,1-4H3,(H,10,11)/b12-7+/t14-/m1/s1. The van der Waals surface area contributed by atoms with Crippen LogP contribution in [0, 0.1) is 0 Å². The van der Waals surface area contributed by atoms with Crippen molar-refractivity contribution in [3.8, 4) is 0 Å². The molecule has 1 rings (SSSR count). The summed E-state index contributed by atoms with van der Waals surface area (Å²) in [5, 5.41) is 6.59. The highest BCUT2D eigenvalue weighted by Crippen LogP contribution is 2.13. The zero-order chi connectivity index (χ0) is 10.8. The molecule has 1 aromatic rings. The summed E-state index contributed by atoms with van der Waals surface area (Å²) >= 11 is 0. The van der Waals surface area contributed by atoms with Gasteiger partial charge in [-0.2, -0.15) is 9.50 Å². The van der Waals surface area contributed by atoms with Crippen LogP contribution in [0.3, 0.4) is 0 Å². The predicted octanol–water partition coefficient (Wildman–Crippen LogP) is 1.68.